The molecule has 0 N–H and O–H groups in total. The van der Waals surface area contributed by atoms with Gasteiger partial charge in [-0.3, -0.25) is 0 Å². The van der Waals surface area contributed by atoms with E-state index in [9.17, 15) is 0 Å². The van der Waals surface area contributed by atoms with E-state index in [2.05, 4.69) is 177 Å². The average molecular weight is 1140 g/mol. The molecule has 0 aliphatic heterocycles. The molecular formula is C54H66Cl2Hf2. The van der Waals surface area contributed by atoms with Crippen molar-refractivity contribution in [2.75, 3.05) is 0 Å². The maximum absolute atomic E-state index is 2.51. The molecule has 0 saturated carbocycles. The van der Waals surface area contributed by atoms with Crippen LogP contribution in [-0.2, 0) is 54.8 Å². The second kappa shape index (κ2) is 21.6. The summed E-state index contributed by atoms with van der Waals surface area (Å²) in [5, 5.41) is 0. The molecule has 0 bridgehead atoms. The summed E-state index contributed by atoms with van der Waals surface area (Å²) in [5.74, 6) is 2.99. The fraction of sp³-hybridized carbons (Fsp3) is 0.370. The molecule has 8 rings (SSSR count). The third-order valence-corrected chi connectivity index (χ3v) is 34.3. The molecule has 0 aromatic heterocycles. The molecule has 4 aliphatic carbocycles. The molecule has 0 unspecified atom stereocenters. The third kappa shape index (κ3) is 10.9. The van der Waals surface area contributed by atoms with Crippen molar-refractivity contribution < 1.29 is 41.9 Å². The zero-order valence-corrected chi connectivity index (χ0v) is 45.1. The van der Waals surface area contributed by atoms with Gasteiger partial charge in [0, 0.05) is 0 Å². The smallest absolute Gasteiger partial charge is 0.147 e. The van der Waals surface area contributed by atoms with Crippen LogP contribution in [0.15, 0.2) is 128 Å². The molecule has 0 atom stereocenters. The average Bonchev–Trinajstić information content (AvgIpc) is 3.99. The van der Waals surface area contributed by atoms with Crippen molar-refractivity contribution in [2.45, 2.75) is 107 Å². The van der Waals surface area contributed by atoms with Gasteiger partial charge < -0.3 is 0 Å². The van der Waals surface area contributed by atoms with E-state index < -0.39 is 41.9 Å². The van der Waals surface area contributed by atoms with E-state index in [0.29, 0.717) is 0 Å². The molecule has 0 spiro atoms. The van der Waals surface area contributed by atoms with E-state index in [1.54, 1.807) is 24.4 Å². The van der Waals surface area contributed by atoms with Crippen molar-refractivity contribution >= 4 is 38.0 Å². The molecule has 0 radical (unpaired) electrons. The van der Waals surface area contributed by atoms with Crippen LogP contribution in [0.3, 0.4) is 0 Å². The summed E-state index contributed by atoms with van der Waals surface area (Å²) in [4.78, 5) is 0. The Morgan fingerprint density at radius 3 is 1.12 bits per heavy atom. The Balaban J connectivity index is 0.000000214. The summed E-state index contributed by atoms with van der Waals surface area (Å²) in [6, 6.07) is 32.5. The number of fused-ring (bicyclic) bond motifs is 6. The van der Waals surface area contributed by atoms with Gasteiger partial charge in [0.05, 0.1) is 0 Å². The number of halogens is 2. The molecule has 4 aromatic carbocycles. The summed E-state index contributed by atoms with van der Waals surface area (Å²) in [7, 11) is 0. The van der Waals surface area contributed by atoms with Gasteiger partial charge >= 0.3 is 358 Å². The molecule has 58 heavy (non-hydrogen) atoms. The Hall–Kier alpha value is -2.10. The van der Waals surface area contributed by atoms with E-state index in [1.165, 1.54) is 71.9 Å². The van der Waals surface area contributed by atoms with E-state index in [4.69, 9.17) is 0 Å². The molecule has 0 nitrogen and oxygen atoms in total. The molecular weight excluding hydrogens is 1080 g/mol. The Labute approximate surface area is 379 Å². The second-order valence-electron chi connectivity index (χ2n) is 18.3. The first-order chi connectivity index (χ1) is 27.1. The molecule has 304 valence electrons. The van der Waals surface area contributed by atoms with E-state index in [-0.39, 0.29) is 24.8 Å². The first kappa shape index (κ1) is 47.0. The number of benzene rings is 4. The summed E-state index contributed by atoms with van der Waals surface area (Å²) in [5.41, 5.74) is 12.3. The zero-order valence-electron chi connectivity index (χ0n) is 36.3. The normalized spacial score (nSPS) is 13.9. The minimum Gasteiger partial charge on any atom is -0.147 e. The molecule has 4 heteroatoms. The fourth-order valence-electron chi connectivity index (χ4n) is 9.78. The minimum absolute atomic E-state index is 0. The van der Waals surface area contributed by atoms with Crippen LogP contribution in [0.1, 0.15) is 116 Å². The number of hydrogen-bond donors (Lipinski definition) is 0. The predicted molar refractivity (Wildman–Crippen MR) is 255 cm³/mol. The SMILES string of the molecule is CC(C)C[C](CC(C)C)=[Hf]([C]1=CC=CC1)[c]1cccc2c1Cc1ccccc1-2.CC(C)C[C](CC(C)C)=[Hf]([C]1=CC=CC1)[c]1cccc2c1Cc1ccccc1-2.Cl.Cl. The van der Waals surface area contributed by atoms with Crippen molar-refractivity contribution in [1.82, 2.24) is 0 Å². The van der Waals surface area contributed by atoms with Crippen LogP contribution < -0.4 is 6.64 Å². The van der Waals surface area contributed by atoms with Crippen molar-refractivity contribution in [3.8, 4) is 22.3 Å². The summed E-state index contributed by atoms with van der Waals surface area (Å²) in [6.45, 7) is 19.2. The van der Waals surface area contributed by atoms with Crippen molar-refractivity contribution in [3.05, 3.63) is 150 Å². The third-order valence-electron chi connectivity index (χ3n) is 11.8. The van der Waals surface area contributed by atoms with Gasteiger partial charge in [-0.25, -0.2) is 0 Å². The maximum atomic E-state index is 2.51. The van der Waals surface area contributed by atoms with E-state index in [1.807, 2.05) is 6.51 Å². The van der Waals surface area contributed by atoms with Gasteiger partial charge in [0.1, 0.15) is 0 Å². The van der Waals surface area contributed by atoms with Crippen LogP contribution >= 0.6 is 24.8 Å². The van der Waals surface area contributed by atoms with Gasteiger partial charge in [-0.15, -0.1) is 24.8 Å². The van der Waals surface area contributed by atoms with Gasteiger partial charge in [-0.1, -0.05) is 0 Å². The van der Waals surface area contributed by atoms with Crippen LogP contribution in [-0.4, -0.2) is 6.51 Å². The summed E-state index contributed by atoms with van der Waals surface area (Å²) >= 11 is -4.58. The number of rotatable bonds is 12. The van der Waals surface area contributed by atoms with Gasteiger partial charge in [-0.05, 0) is 0 Å². The van der Waals surface area contributed by atoms with Crippen LogP contribution in [0.5, 0.6) is 0 Å². The molecule has 0 saturated heterocycles. The van der Waals surface area contributed by atoms with E-state index >= 15 is 0 Å². The van der Waals surface area contributed by atoms with Gasteiger partial charge in [0.2, 0.25) is 0 Å². The van der Waals surface area contributed by atoms with Crippen LogP contribution in [0.4, 0.5) is 0 Å². The number of hydrogen-bond acceptors (Lipinski definition) is 0. The quantitative estimate of drug-likeness (QED) is 0.107. The van der Waals surface area contributed by atoms with Crippen LogP contribution in [0, 0.1) is 23.7 Å². The van der Waals surface area contributed by atoms with Crippen molar-refractivity contribution in [3.63, 3.8) is 0 Å². The number of allylic oxidation sites excluding steroid dienone is 8. The van der Waals surface area contributed by atoms with Crippen LogP contribution in [0.2, 0.25) is 0 Å². The van der Waals surface area contributed by atoms with Crippen molar-refractivity contribution in [2.24, 2.45) is 23.7 Å². The molecule has 4 aliphatic rings. The molecule has 0 heterocycles. The standard InChI is InChI=1S/2C13H9.2C9H18.2C5H5.2ClH.2Hf/c2*1-3-7-12-10(5-1)9-11-6-2-4-8-13(11)12;2*1-8(2)6-5-7-9(3)4;2*1-2-4-5-3-1;;;;/h2*1-5,7-8H,9H2;2*8-9H,6-7H2,1-4H3;2*1-3H,4H2;2*1H;;. The van der Waals surface area contributed by atoms with Crippen LogP contribution in [0.25, 0.3) is 22.3 Å². The Morgan fingerprint density at radius 2 is 0.793 bits per heavy atom. The summed E-state index contributed by atoms with van der Waals surface area (Å²) in [6.07, 6.45) is 24.2. The maximum Gasteiger partial charge on any atom is -0.147 e. The largest absolute Gasteiger partial charge is 0.147 e. The molecule has 0 fully saturated rings. The van der Waals surface area contributed by atoms with Gasteiger partial charge in [-0.2, -0.15) is 0 Å². The topological polar surface area (TPSA) is 0 Å². The Kier molecular flexibility index (Phi) is 17.5. The molecule has 0 amide bonds. The Bertz CT molecular complexity index is 2090. The van der Waals surface area contributed by atoms with Gasteiger partial charge in [0.15, 0.2) is 0 Å². The fourth-order valence-corrected chi connectivity index (χ4v) is 36.9. The first-order valence-corrected chi connectivity index (χ1v) is 32.4. The predicted octanol–water partition coefficient (Wildman–Crippen LogP) is 14.1. The second-order valence-corrected chi connectivity index (χ2v) is 37.3. The minimum atomic E-state index is -2.29. The van der Waals surface area contributed by atoms with Crippen molar-refractivity contribution in [1.29, 1.82) is 0 Å². The monoisotopic (exact) mass is 1140 g/mol. The summed E-state index contributed by atoms with van der Waals surface area (Å²) < 4.78 is 11.0. The Morgan fingerprint density at radius 1 is 0.448 bits per heavy atom. The molecule has 4 aromatic rings. The zero-order chi connectivity index (χ0) is 39.3. The first-order valence-electron chi connectivity index (χ1n) is 21.7. The van der Waals surface area contributed by atoms with E-state index in [0.717, 1.165) is 36.5 Å². The van der Waals surface area contributed by atoms with Gasteiger partial charge in [0.25, 0.3) is 0 Å².